The number of carbonyl (C=O) groups is 1. The van der Waals surface area contributed by atoms with Crippen molar-refractivity contribution in [2.45, 2.75) is 25.1 Å². The van der Waals surface area contributed by atoms with Gasteiger partial charge >= 0.3 is 12.3 Å². The Morgan fingerprint density at radius 3 is 2.48 bits per heavy atom. The first-order valence-corrected chi connectivity index (χ1v) is 5.90. The summed E-state index contributed by atoms with van der Waals surface area (Å²) in [4.78, 5) is 14.5. The lowest BCUT2D eigenvalue weighted by molar-refractivity contribution is -0.275. The van der Waals surface area contributed by atoms with Crippen LogP contribution < -0.4 is 4.74 Å². The molecule has 1 heterocycles. The Hall–Kier alpha value is -1.64. The summed E-state index contributed by atoms with van der Waals surface area (Å²) in [6.45, 7) is 0. The number of alkyl halides is 6. The molecule has 0 saturated carbocycles. The lowest BCUT2D eigenvalue weighted by Crippen LogP contribution is -2.19. The van der Waals surface area contributed by atoms with E-state index < -0.39 is 53.8 Å². The molecule has 1 aromatic heterocycles. The number of carbonyl (C=O) groups excluding carboxylic acids is 1. The fourth-order valence-electron chi connectivity index (χ4n) is 1.45. The number of esters is 1. The summed E-state index contributed by atoms with van der Waals surface area (Å²) >= 11 is 5.38. The van der Waals surface area contributed by atoms with Gasteiger partial charge in [0.1, 0.15) is 5.69 Å². The zero-order valence-electron chi connectivity index (χ0n) is 10.5. The molecule has 21 heavy (non-hydrogen) atoms. The molecule has 0 radical (unpaired) electrons. The minimum Gasteiger partial charge on any atom is -0.469 e. The molecule has 0 bridgehead atoms. The number of methoxy groups -OCH3 is 1. The van der Waals surface area contributed by atoms with Gasteiger partial charge in [-0.3, -0.25) is 4.79 Å². The lowest BCUT2D eigenvalue weighted by Gasteiger charge is -2.15. The van der Waals surface area contributed by atoms with E-state index in [4.69, 9.17) is 11.6 Å². The highest BCUT2D eigenvalue weighted by atomic mass is 35.5. The highest BCUT2D eigenvalue weighted by Crippen LogP contribution is 2.32. The van der Waals surface area contributed by atoms with Crippen molar-refractivity contribution in [1.82, 2.24) is 4.98 Å². The first kappa shape index (κ1) is 17.4. The maximum Gasteiger partial charge on any atom is 0.573 e. The van der Waals surface area contributed by atoms with E-state index in [1.807, 2.05) is 0 Å². The zero-order valence-corrected chi connectivity index (χ0v) is 11.3. The monoisotopic (exact) mass is 333 g/mol. The van der Waals surface area contributed by atoms with E-state index in [9.17, 15) is 26.7 Å². The topological polar surface area (TPSA) is 48.4 Å². The third-order valence-corrected chi connectivity index (χ3v) is 2.55. The molecule has 0 aliphatic heterocycles. The highest BCUT2D eigenvalue weighted by Gasteiger charge is 2.33. The number of pyridine rings is 1. The summed E-state index contributed by atoms with van der Waals surface area (Å²) in [5, 5.41) is 0. The van der Waals surface area contributed by atoms with Gasteiger partial charge in [0.15, 0.2) is 5.75 Å². The number of aromatic nitrogens is 1. The largest absolute Gasteiger partial charge is 0.573 e. The number of hydrogen-bond donors (Lipinski definition) is 0. The van der Waals surface area contributed by atoms with Crippen molar-refractivity contribution in [1.29, 1.82) is 0 Å². The van der Waals surface area contributed by atoms with Crippen molar-refractivity contribution in [3.05, 3.63) is 23.0 Å². The Kier molecular flexibility index (Phi) is 5.70. The molecule has 1 aromatic rings. The minimum atomic E-state index is -5.04. The summed E-state index contributed by atoms with van der Waals surface area (Å²) in [5.41, 5.74) is -1.77. The van der Waals surface area contributed by atoms with Crippen LogP contribution in [0.25, 0.3) is 0 Å². The summed E-state index contributed by atoms with van der Waals surface area (Å²) in [6.07, 6.45) is -8.80. The fourth-order valence-corrected chi connectivity index (χ4v) is 1.65. The van der Waals surface area contributed by atoms with Gasteiger partial charge < -0.3 is 9.47 Å². The average Bonchev–Trinajstić information content (AvgIpc) is 2.36. The zero-order chi connectivity index (χ0) is 16.2. The van der Waals surface area contributed by atoms with Crippen molar-refractivity contribution in [3.63, 3.8) is 0 Å². The van der Waals surface area contributed by atoms with Crippen LogP contribution in [-0.4, -0.2) is 24.4 Å². The second-order valence-corrected chi connectivity index (χ2v) is 3.98. The van der Waals surface area contributed by atoms with E-state index in [0.717, 1.165) is 7.11 Å². The van der Waals surface area contributed by atoms with Crippen LogP contribution in [0.2, 0.25) is 0 Å². The van der Waals surface area contributed by atoms with Crippen LogP contribution in [0.15, 0.2) is 6.07 Å². The highest BCUT2D eigenvalue weighted by molar-refractivity contribution is 6.17. The molecule has 0 aromatic carbocycles. The van der Waals surface area contributed by atoms with Crippen molar-refractivity contribution in [2.75, 3.05) is 7.11 Å². The average molecular weight is 334 g/mol. The van der Waals surface area contributed by atoms with Gasteiger partial charge in [-0.1, -0.05) is 0 Å². The van der Waals surface area contributed by atoms with Gasteiger partial charge in [-0.05, 0) is 11.6 Å². The van der Waals surface area contributed by atoms with Crippen molar-refractivity contribution < 1.29 is 36.2 Å². The maximum absolute atomic E-state index is 12.8. The first-order chi connectivity index (χ1) is 9.67. The normalized spacial score (nSPS) is 11.6. The molecule has 118 valence electrons. The quantitative estimate of drug-likeness (QED) is 0.471. The van der Waals surface area contributed by atoms with E-state index in [1.54, 1.807) is 0 Å². The fraction of sp³-hybridized carbons (Fsp3) is 0.455. The van der Waals surface area contributed by atoms with Crippen LogP contribution in [0, 0.1) is 0 Å². The van der Waals surface area contributed by atoms with Gasteiger partial charge in [-0.2, -0.15) is 0 Å². The van der Waals surface area contributed by atoms with Crippen LogP contribution in [0.5, 0.6) is 5.75 Å². The molecule has 0 N–H and O–H groups in total. The molecule has 10 heteroatoms. The number of ether oxygens (including phenoxy) is 2. The van der Waals surface area contributed by atoms with Crippen LogP contribution in [0.4, 0.5) is 22.0 Å². The van der Waals surface area contributed by atoms with Gasteiger partial charge in [0, 0.05) is 0 Å². The first-order valence-electron chi connectivity index (χ1n) is 5.37. The molecule has 4 nitrogen and oxygen atoms in total. The Balaban J connectivity index is 3.31. The molecule has 0 spiro atoms. The second-order valence-electron chi connectivity index (χ2n) is 3.71. The maximum atomic E-state index is 12.8. The second kappa shape index (κ2) is 6.88. The van der Waals surface area contributed by atoms with Gasteiger partial charge in [0.2, 0.25) is 0 Å². The van der Waals surface area contributed by atoms with Gasteiger partial charge in [-0.25, -0.2) is 13.8 Å². The molecule has 0 amide bonds. The molecule has 0 aliphatic rings. The number of nitrogens with zero attached hydrogens (tertiary/aromatic N) is 1. The summed E-state index contributed by atoms with van der Waals surface area (Å²) in [5.74, 6) is -2.31. The van der Waals surface area contributed by atoms with Gasteiger partial charge in [0.25, 0.3) is 6.43 Å². The van der Waals surface area contributed by atoms with Crippen molar-refractivity contribution in [2.24, 2.45) is 0 Å². The molecule has 0 fully saturated rings. The summed E-state index contributed by atoms with van der Waals surface area (Å²) in [6, 6.07) is 0.663. The number of hydrogen-bond acceptors (Lipinski definition) is 4. The smallest absolute Gasteiger partial charge is 0.469 e. The molecule has 1 rings (SSSR count). The molecule has 0 atom stereocenters. The Morgan fingerprint density at radius 1 is 1.43 bits per heavy atom. The SMILES string of the molecule is COC(=O)Cc1cc(OC(F)(F)F)c(CCl)nc1C(F)F. The molecule has 0 aliphatic carbocycles. The molecule has 0 unspecified atom stereocenters. The molecular weight excluding hydrogens is 325 g/mol. The standard InChI is InChI=1S/C11H9ClF5NO3/c1-20-8(19)3-5-2-7(21-11(15,16)17)6(4-12)18-9(5)10(13)14/h2,10H,3-4H2,1H3. The van der Waals surface area contributed by atoms with Crippen LogP contribution in [0.3, 0.4) is 0 Å². The Labute approximate surface area is 120 Å². The third-order valence-electron chi connectivity index (χ3n) is 2.30. The van der Waals surface area contributed by atoms with Crippen LogP contribution in [-0.2, 0) is 21.8 Å². The minimum absolute atomic E-state index is 0.426. The van der Waals surface area contributed by atoms with Gasteiger partial charge in [-0.15, -0.1) is 24.8 Å². The predicted octanol–water partition coefficient (Wildman–Crippen LogP) is 3.37. The molecular formula is C11H9ClF5NO3. The number of rotatable bonds is 5. The van der Waals surface area contributed by atoms with Crippen molar-refractivity contribution >= 4 is 17.6 Å². The van der Waals surface area contributed by atoms with E-state index in [1.165, 1.54) is 0 Å². The summed E-state index contributed by atoms with van der Waals surface area (Å²) < 4.78 is 70.4. The van der Waals surface area contributed by atoms with E-state index in [-0.39, 0.29) is 0 Å². The van der Waals surface area contributed by atoms with E-state index in [2.05, 4.69) is 14.5 Å². The predicted molar refractivity (Wildman–Crippen MR) is 61.2 cm³/mol. The van der Waals surface area contributed by atoms with Crippen LogP contribution >= 0.6 is 11.6 Å². The van der Waals surface area contributed by atoms with Crippen LogP contribution in [0.1, 0.15) is 23.4 Å². The molecule has 0 saturated heterocycles. The lowest BCUT2D eigenvalue weighted by atomic mass is 10.1. The third kappa shape index (κ3) is 5.00. The van der Waals surface area contributed by atoms with Gasteiger partial charge in [0.05, 0.1) is 25.1 Å². The summed E-state index contributed by atoms with van der Waals surface area (Å²) in [7, 11) is 1.01. The number of halogens is 6. The van der Waals surface area contributed by atoms with E-state index >= 15 is 0 Å². The van der Waals surface area contributed by atoms with Crippen molar-refractivity contribution in [3.8, 4) is 5.75 Å². The Bertz CT molecular complexity index is 521. The van der Waals surface area contributed by atoms with E-state index in [0.29, 0.717) is 6.07 Å². The Morgan fingerprint density at radius 2 is 2.05 bits per heavy atom.